The fraction of sp³-hybridized carbons (Fsp3) is 0.158. The lowest BCUT2D eigenvalue weighted by Crippen LogP contribution is -1.97. The molecule has 0 aliphatic heterocycles. The van der Waals surface area contributed by atoms with Crippen molar-refractivity contribution in [3.8, 4) is 6.07 Å². The molecule has 3 heterocycles. The molecule has 0 amide bonds. The smallest absolute Gasteiger partial charge is 0.125 e. The predicted octanol–water partition coefficient (Wildman–Crippen LogP) is 5.26. The molecular weight excluding hydrogens is 316 g/mol. The van der Waals surface area contributed by atoms with Gasteiger partial charge in [-0.15, -0.1) is 11.3 Å². The summed E-state index contributed by atoms with van der Waals surface area (Å²) >= 11 is 1.68. The Balaban J connectivity index is 1.90. The van der Waals surface area contributed by atoms with E-state index in [4.69, 9.17) is 0 Å². The molecule has 0 bridgehead atoms. The Morgan fingerprint density at radius 2 is 2.17 bits per heavy atom. The Morgan fingerprint density at radius 3 is 2.96 bits per heavy atom. The van der Waals surface area contributed by atoms with Gasteiger partial charge in [-0.05, 0) is 43.2 Å². The van der Waals surface area contributed by atoms with Gasteiger partial charge in [0.05, 0.1) is 11.3 Å². The standard InChI is InChI=1S/C19H16N4S/c1-3-13-8-15-18(12(9-20)10-22-19(15)24-13)23-16-4-5-17-14(11(16)2)6-7-21-17/h4-8,10,21H,3H2,1-2H3,(H,22,23). The van der Waals surface area contributed by atoms with E-state index in [-0.39, 0.29) is 0 Å². The molecule has 0 saturated carbocycles. The third kappa shape index (κ3) is 2.24. The average molecular weight is 332 g/mol. The first kappa shape index (κ1) is 14.7. The number of benzene rings is 1. The predicted molar refractivity (Wildman–Crippen MR) is 100 cm³/mol. The molecule has 0 fully saturated rings. The SMILES string of the molecule is CCc1cc2c(Nc3ccc4[nH]ccc4c3C)c(C#N)cnc2s1. The summed E-state index contributed by atoms with van der Waals surface area (Å²) in [4.78, 5) is 9.90. The van der Waals surface area contributed by atoms with E-state index in [2.05, 4.69) is 59.5 Å². The number of nitriles is 1. The summed E-state index contributed by atoms with van der Waals surface area (Å²) in [6.45, 7) is 4.22. The lowest BCUT2D eigenvalue weighted by molar-refractivity contribution is 1.19. The number of aromatic nitrogens is 2. The zero-order valence-corrected chi connectivity index (χ0v) is 14.3. The van der Waals surface area contributed by atoms with Crippen molar-refractivity contribution in [2.75, 3.05) is 5.32 Å². The summed E-state index contributed by atoms with van der Waals surface area (Å²) in [6.07, 6.45) is 4.57. The van der Waals surface area contributed by atoms with Crippen molar-refractivity contribution < 1.29 is 0 Å². The highest BCUT2D eigenvalue weighted by molar-refractivity contribution is 7.18. The highest BCUT2D eigenvalue weighted by Crippen LogP contribution is 2.35. The summed E-state index contributed by atoms with van der Waals surface area (Å²) < 4.78 is 0. The van der Waals surface area contributed by atoms with Gasteiger partial charge in [0.25, 0.3) is 0 Å². The fourth-order valence-corrected chi connectivity index (χ4v) is 3.93. The molecule has 4 nitrogen and oxygen atoms in total. The van der Waals surface area contributed by atoms with Crippen molar-refractivity contribution in [2.24, 2.45) is 0 Å². The number of aromatic amines is 1. The van der Waals surface area contributed by atoms with E-state index in [1.54, 1.807) is 17.5 Å². The maximum atomic E-state index is 9.50. The van der Waals surface area contributed by atoms with Gasteiger partial charge in [-0.2, -0.15) is 5.26 Å². The number of nitrogens with zero attached hydrogens (tertiary/aromatic N) is 2. The van der Waals surface area contributed by atoms with Crippen LogP contribution in [0.3, 0.4) is 0 Å². The van der Waals surface area contributed by atoms with Crippen LogP contribution in [0.2, 0.25) is 0 Å². The molecule has 0 saturated heterocycles. The highest BCUT2D eigenvalue weighted by atomic mass is 32.1. The van der Waals surface area contributed by atoms with Gasteiger partial charge in [0.15, 0.2) is 0 Å². The van der Waals surface area contributed by atoms with Crippen LogP contribution in [0, 0.1) is 18.3 Å². The van der Waals surface area contributed by atoms with Crippen molar-refractivity contribution in [1.82, 2.24) is 9.97 Å². The van der Waals surface area contributed by atoms with E-state index in [1.807, 2.05) is 6.20 Å². The van der Waals surface area contributed by atoms with Gasteiger partial charge in [-0.3, -0.25) is 0 Å². The van der Waals surface area contributed by atoms with Crippen molar-refractivity contribution >= 4 is 43.8 Å². The number of rotatable bonds is 3. The average Bonchev–Trinajstić information content (AvgIpc) is 3.24. The lowest BCUT2D eigenvalue weighted by atomic mass is 10.1. The Morgan fingerprint density at radius 1 is 1.29 bits per heavy atom. The maximum Gasteiger partial charge on any atom is 0.125 e. The van der Waals surface area contributed by atoms with E-state index >= 15 is 0 Å². The van der Waals surface area contributed by atoms with Gasteiger partial charge in [0.1, 0.15) is 10.9 Å². The molecule has 0 aliphatic carbocycles. The number of H-pyrrole nitrogens is 1. The second-order valence-corrected chi connectivity index (χ2v) is 6.86. The number of thiophene rings is 1. The van der Waals surface area contributed by atoms with Gasteiger partial charge >= 0.3 is 0 Å². The summed E-state index contributed by atoms with van der Waals surface area (Å²) in [5.74, 6) is 0. The molecule has 4 rings (SSSR count). The van der Waals surface area contributed by atoms with Crippen LogP contribution in [0.15, 0.2) is 36.7 Å². The normalized spacial score (nSPS) is 11.0. The second kappa shape index (κ2) is 5.66. The third-order valence-corrected chi connectivity index (χ3v) is 5.53. The maximum absolute atomic E-state index is 9.50. The molecule has 0 radical (unpaired) electrons. The van der Waals surface area contributed by atoms with E-state index in [1.165, 1.54) is 10.3 Å². The minimum Gasteiger partial charge on any atom is -0.361 e. The first-order chi connectivity index (χ1) is 11.7. The zero-order chi connectivity index (χ0) is 16.7. The number of hydrogen-bond acceptors (Lipinski definition) is 4. The number of fused-ring (bicyclic) bond motifs is 2. The first-order valence-electron chi connectivity index (χ1n) is 7.86. The van der Waals surface area contributed by atoms with Crippen molar-refractivity contribution in [3.05, 3.63) is 52.7 Å². The summed E-state index contributed by atoms with van der Waals surface area (Å²) in [7, 11) is 0. The molecular formula is C19H16N4S. The first-order valence-corrected chi connectivity index (χ1v) is 8.68. The molecule has 0 spiro atoms. The van der Waals surface area contributed by atoms with Crippen molar-refractivity contribution in [2.45, 2.75) is 20.3 Å². The van der Waals surface area contributed by atoms with Crippen LogP contribution in [-0.4, -0.2) is 9.97 Å². The molecule has 24 heavy (non-hydrogen) atoms. The van der Waals surface area contributed by atoms with Crippen LogP contribution in [-0.2, 0) is 6.42 Å². The quantitative estimate of drug-likeness (QED) is 0.537. The highest BCUT2D eigenvalue weighted by Gasteiger charge is 2.14. The minimum absolute atomic E-state index is 0.566. The number of anilines is 2. The van der Waals surface area contributed by atoms with E-state index in [0.29, 0.717) is 5.56 Å². The minimum atomic E-state index is 0.566. The number of nitrogens with one attached hydrogen (secondary N) is 2. The molecule has 3 aromatic heterocycles. The van der Waals surface area contributed by atoms with Crippen LogP contribution in [0.25, 0.3) is 21.1 Å². The van der Waals surface area contributed by atoms with Gasteiger partial charge in [-0.1, -0.05) is 6.92 Å². The lowest BCUT2D eigenvalue weighted by Gasteiger charge is -2.12. The number of aryl methyl sites for hydroxylation is 2. The largest absolute Gasteiger partial charge is 0.361 e. The monoisotopic (exact) mass is 332 g/mol. The van der Waals surface area contributed by atoms with Crippen LogP contribution in [0.4, 0.5) is 11.4 Å². The molecule has 0 atom stereocenters. The Labute approximate surface area is 143 Å². The van der Waals surface area contributed by atoms with Gasteiger partial charge < -0.3 is 10.3 Å². The van der Waals surface area contributed by atoms with E-state index in [9.17, 15) is 5.26 Å². The fourth-order valence-electron chi connectivity index (χ4n) is 2.99. The summed E-state index contributed by atoms with van der Waals surface area (Å²) in [5.41, 5.74) is 4.69. The third-order valence-electron chi connectivity index (χ3n) is 4.35. The van der Waals surface area contributed by atoms with Gasteiger partial charge in [0.2, 0.25) is 0 Å². The summed E-state index contributed by atoms with van der Waals surface area (Å²) in [6, 6.07) is 10.6. The van der Waals surface area contributed by atoms with Crippen LogP contribution >= 0.6 is 11.3 Å². The molecule has 4 aromatic rings. The van der Waals surface area contributed by atoms with Crippen LogP contribution in [0.5, 0.6) is 0 Å². The molecule has 0 unspecified atom stereocenters. The Kier molecular flexibility index (Phi) is 3.47. The van der Waals surface area contributed by atoms with Crippen molar-refractivity contribution in [1.29, 1.82) is 5.26 Å². The molecule has 0 aliphatic rings. The van der Waals surface area contributed by atoms with E-state index in [0.717, 1.165) is 39.1 Å². The second-order valence-electron chi connectivity index (χ2n) is 5.75. The topological polar surface area (TPSA) is 64.5 Å². The van der Waals surface area contributed by atoms with Crippen LogP contribution in [0.1, 0.15) is 22.9 Å². The Bertz CT molecular complexity index is 1100. The summed E-state index contributed by atoms with van der Waals surface area (Å²) in [5, 5.41) is 15.2. The number of hydrogen-bond donors (Lipinski definition) is 2. The zero-order valence-electron chi connectivity index (χ0n) is 13.5. The molecule has 5 heteroatoms. The molecule has 2 N–H and O–H groups in total. The molecule has 118 valence electrons. The van der Waals surface area contributed by atoms with Crippen molar-refractivity contribution in [3.63, 3.8) is 0 Å². The molecule has 1 aromatic carbocycles. The van der Waals surface area contributed by atoms with Gasteiger partial charge in [0, 0.05) is 39.2 Å². The van der Waals surface area contributed by atoms with Crippen LogP contribution < -0.4 is 5.32 Å². The van der Waals surface area contributed by atoms with E-state index < -0.39 is 0 Å². The van der Waals surface area contributed by atoms with Gasteiger partial charge in [-0.25, -0.2) is 4.98 Å². The number of pyridine rings is 1. The Hall–Kier alpha value is -2.84.